The molecule has 0 spiro atoms. The van der Waals surface area contributed by atoms with E-state index >= 15 is 0 Å². The van der Waals surface area contributed by atoms with Gasteiger partial charge in [-0.3, -0.25) is 0 Å². The molecule has 0 radical (unpaired) electrons. The van der Waals surface area contributed by atoms with Gasteiger partial charge in [-0.05, 0) is 19.8 Å². The number of esters is 1. The van der Waals surface area contributed by atoms with Crippen molar-refractivity contribution < 1.29 is 18.7 Å². The van der Waals surface area contributed by atoms with Crippen LogP contribution in [0, 0.1) is 6.92 Å². The number of hydrogen-bond donors (Lipinski definition) is 0. The van der Waals surface area contributed by atoms with Crippen molar-refractivity contribution in [3.63, 3.8) is 0 Å². The SMILES string of the molecule is Cc1nc(C(=O)OC[C@@H]2CC[C@@H](C)O2)c(-c2ccccc2)o1. The smallest absolute Gasteiger partial charge is 0.361 e. The van der Waals surface area contributed by atoms with Crippen molar-refractivity contribution >= 4 is 5.97 Å². The normalized spacial score (nSPS) is 21.0. The highest BCUT2D eigenvalue weighted by atomic mass is 16.6. The molecule has 2 atom stereocenters. The average Bonchev–Trinajstić information content (AvgIpc) is 3.11. The lowest BCUT2D eigenvalue weighted by molar-refractivity contribution is -0.00294. The molecule has 1 aromatic carbocycles. The van der Waals surface area contributed by atoms with Gasteiger partial charge in [0, 0.05) is 12.5 Å². The fourth-order valence-corrected chi connectivity index (χ4v) is 2.60. The van der Waals surface area contributed by atoms with Gasteiger partial charge in [-0.25, -0.2) is 9.78 Å². The standard InChI is InChI=1S/C17H19NO4/c1-11-8-9-14(21-11)10-20-17(19)15-16(22-12(2)18-15)13-6-4-3-5-7-13/h3-7,11,14H,8-10H2,1-2H3/t11-,14+/m1/s1. The summed E-state index contributed by atoms with van der Waals surface area (Å²) < 4.78 is 16.6. The zero-order valence-electron chi connectivity index (χ0n) is 12.7. The maximum absolute atomic E-state index is 12.3. The van der Waals surface area contributed by atoms with Gasteiger partial charge in [0.2, 0.25) is 0 Å². The fraction of sp³-hybridized carbons (Fsp3) is 0.412. The summed E-state index contributed by atoms with van der Waals surface area (Å²) in [7, 11) is 0. The van der Waals surface area contributed by atoms with E-state index < -0.39 is 5.97 Å². The van der Waals surface area contributed by atoms with Crippen LogP contribution in [-0.2, 0) is 9.47 Å². The van der Waals surface area contributed by atoms with Gasteiger partial charge in [0.05, 0.1) is 12.2 Å². The zero-order chi connectivity index (χ0) is 15.5. The third-order valence-corrected chi connectivity index (χ3v) is 3.68. The van der Waals surface area contributed by atoms with Gasteiger partial charge in [0.15, 0.2) is 17.3 Å². The highest BCUT2D eigenvalue weighted by Gasteiger charge is 2.26. The van der Waals surface area contributed by atoms with Crippen molar-refractivity contribution in [2.45, 2.75) is 38.9 Å². The predicted molar refractivity (Wildman–Crippen MR) is 80.5 cm³/mol. The Kier molecular flexibility index (Phi) is 4.24. The van der Waals surface area contributed by atoms with Crippen molar-refractivity contribution in [3.05, 3.63) is 41.9 Å². The highest BCUT2D eigenvalue weighted by molar-refractivity contribution is 5.93. The Morgan fingerprint density at radius 1 is 1.32 bits per heavy atom. The van der Waals surface area contributed by atoms with Crippen LogP contribution in [0.2, 0.25) is 0 Å². The molecule has 5 heteroatoms. The van der Waals surface area contributed by atoms with Crippen LogP contribution in [0.3, 0.4) is 0 Å². The van der Waals surface area contributed by atoms with E-state index in [4.69, 9.17) is 13.9 Å². The number of carbonyl (C=O) groups is 1. The lowest BCUT2D eigenvalue weighted by Gasteiger charge is -2.11. The lowest BCUT2D eigenvalue weighted by atomic mass is 10.1. The van der Waals surface area contributed by atoms with E-state index in [9.17, 15) is 4.79 Å². The van der Waals surface area contributed by atoms with Crippen molar-refractivity contribution in [2.24, 2.45) is 0 Å². The molecule has 1 fully saturated rings. The van der Waals surface area contributed by atoms with E-state index in [1.807, 2.05) is 37.3 Å². The summed E-state index contributed by atoms with van der Waals surface area (Å²) in [4.78, 5) is 16.5. The second-order valence-corrected chi connectivity index (χ2v) is 5.52. The molecule has 1 aromatic heterocycles. The van der Waals surface area contributed by atoms with E-state index in [0.29, 0.717) is 11.7 Å². The summed E-state index contributed by atoms with van der Waals surface area (Å²) in [5.74, 6) is 0.416. The molecule has 0 aliphatic carbocycles. The van der Waals surface area contributed by atoms with Gasteiger partial charge in [0.25, 0.3) is 0 Å². The van der Waals surface area contributed by atoms with E-state index in [2.05, 4.69) is 4.98 Å². The zero-order valence-corrected chi connectivity index (χ0v) is 12.7. The summed E-state index contributed by atoms with van der Waals surface area (Å²) in [5.41, 5.74) is 1.02. The Hall–Kier alpha value is -2.14. The van der Waals surface area contributed by atoms with Gasteiger partial charge in [-0.15, -0.1) is 0 Å². The van der Waals surface area contributed by atoms with E-state index in [1.165, 1.54) is 0 Å². The Morgan fingerprint density at radius 2 is 2.09 bits per heavy atom. The predicted octanol–water partition coefficient (Wildman–Crippen LogP) is 3.37. The summed E-state index contributed by atoms with van der Waals surface area (Å²) in [6.45, 7) is 3.99. The molecule has 2 heterocycles. The number of oxazole rings is 1. The van der Waals surface area contributed by atoms with E-state index in [-0.39, 0.29) is 24.5 Å². The number of aryl methyl sites for hydroxylation is 1. The van der Waals surface area contributed by atoms with Crippen molar-refractivity contribution in [3.8, 4) is 11.3 Å². The molecule has 3 rings (SSSR count). The maximum atomic E-state index is 12.3. The maximum Gasteiger partial charge on any atom is 0.361 e. The summed E-state index contributed by atoms with van der Waals surface area (Å²) in [6.07, 6.45) is 2.13. The molecule has 0 bridgehead atoms. The van der Waals surface area contributed by atoms with Gasteiger partial charge in [0.1, 0.15) is 6.61 Å². The Balaban J connectivity index is 1.73. The Morgan fingerprint density at radius 3 is 2.77 bits per heavy atom. The van der Waals surface area contributed by atoms with Gasteiger partial charge < -0.3 is 13.9 Å². The second kappa shape index (κ2) is 6.32. The molecule has 1 saturated heterocycles. The van der Waals surface area contributed by atoms with Crippen LogP contribution >= 0.6 is 0 Å². The minimum absolute atomic E-state index is 0.0212. The van der Waals surface area contributed by atoms with Crippen molar-refractivity contribution in [1.29, 1.82) is 0 Å². The minimum atomic E-state index is -0.473. The second-order valence-electron chi connectivity index (χ2n) is 5.52. The van der Waals surface area contributed by atoms with E-state index in [0.717, 1.165) is 18.4 Å². The number of carbonyl (C=O) groups excluding carboxylic acids is 1. The number of ether oxygens (including phenoxy) is 2. The number of hydrogen-bond acceptors (Lipinski definition) is 5. The average molecular weight is 301 g/mol. The first-order chi connectivity index (χ1) is 10.6. The number of nitrogens with zero attached hydrogens (tertiary/aromatic N) is 1. The van der Waals surface area contributed by atoms with Crippen LogP contribution < -0.4 is 0 Å². The van der Waals surface area contributed by atoms with Crippen LogP contribution in [0.5, 0.6) is 0 Å². The number of rotatable bonds is 4. The molecule has 2 aromatic rings. The van der Waals surface area contributed by atoms with Gasteiger partial charge in [-0.2, -0.15) is 0 Å². The van der Waals surface area contributed by atoms with Gasteiger partial charge >= 0.3 is 5.97 Å². The van der Waals surface area contributed by atoms with Crippen LogP contribution in [0.25, 0.3) is 11.3 Å². The molecule has 0 amide bonds. The first kappa shape index (κ1) is 14.8. The fourth-order valence-electron chi connectivity index (χ4n) is 2.60. The summed E-state index contributed by atoms with van der Waals surface area (Å²) in [6, 6.07) is 9.42. The Labute approximate surface area is 129 Å². The number of aromatic nitrogens is 1. The molecule has 22 heavy (non-hydrogen) atoms. The van der Waals surface area contributed by atoms with Crippen LogP contribution in [0.4, 0.5) is 0 Å². The van der Waals surface area contributed by atoms with Gasteiger partial charge in [-0.1, -0.05) is 30.3 Å². The largest absolute Gasteiger partial charge is 0.458 e. The van der Waals surface area contributed by atoms with Crippen LogP contribution in [-0.4, -0.2) is 29.8 Å². The van der Waals surface area contributed by atoms with Crippen molar-refractivity contribution in [1.82, 2.24) is 4.98 Å². The Bertz CT molecular complexity index is 650. The monoisotopic (exact) mass is 301 g/mol. The third-order valence-electron chi connectivity index (χ3n) is 3.68. The van der Waals surface area contributed by atoms with Crippen molar-refractivity contribution in [2.75, 3.05) is 6.61 Å². The molecular formula is C17H19NO4. The lowest BCUT2D eigenvalue weighted by Crippen LogP contribution is -2.19. The minimum Gasteiger partial charge on any atom is -0.458 e. The molecule has 0 N–H and O–H groups in total. The van der Waals surface area contributed by atoms with Crippen LogP contribution in [0.1, 0.15) is 36.1 Å². The molecular weight excluding hydrogens is 282 g/mol. The first-order valence-corrected chi connectivity index (χ1v) is 7.49. The first-order valence-electron chi connectivity index (χ1n) is 7.49. The van der Waals surface area contributed by atoms with Crippen LogP contribution in [0.15, 0.2) is 34.7 Å². The molecule has 5 nitrogen and oxygen atoms in total. The molecule has 0 unspecified atom stereocenters. The highest BCUT2D eigenvalue weighted by Crippen LogP contribution is 2.26. The molecule has 0 saturated carbocycles. The number of benzene rings is 1. The summed E-state index contributed by atoms with van der Waals surface area (Å²) in [5, 5.41) is 0. The topological polar surface area (TPSA) is 61.6 Å². The third kappa shape index (κ3) is 3.20. The quantitative estimate of drug-likeness (QED) is 0.810. The molecule has 116 valence electrons. The molecule has 1 aliphatic rings. The molecule has 1 aliphatic heterocycles. The summed E-state index contributed by atoms with van der Waals surface area (Å²) >= 11 is 0. The van der Waals surface area contributed by atoms with E-state index in [1.54, 1.807) is 6.92 Å².